The normalized spacial score (nSPS) is 13.1. The molecule has 4 heteroatoms. The number of hydrogen-bond donors (Lipinski definition) is 2. The number of methoxy groups -OCH3 is 1. The van der Waals surface area contributed by atoms with Gasteiger partial charge in [0.15, 0.2) is 0 Å². The molecule has 0 aliphatic rings. The Morgan fingerprint density at radius 3 is 2.80 bits per heavy atom. The summed E-state index contributed by atoms with van der Waals surface area (Å²) in [4.78, 5) is 3.01. The van der Waals surface area contributed by atoms with E-state index >= 15 is 0 Å². The predicted octanol–water partition coefficient (Wildman–Crippen LogP) is 2.88. The maximum atomic E-state index is 9.61. The van der Waals surface area contributed by atoms with Crippen LogP contribution in [0.3, 0.4) is 0 Å². The van der Waals surface area contributed by atoms with Gasteiger partial charge in [-0.1, -0.05) is 23.7 Å². The number of aliphatic hydroxyl groups excluding tert-OH is 1. The van der Waals surface area contributed by atoms with E-state index in [0.717, 1.165) is 16.7 Å². The minimum absolute atomic E-state index is 0.463. The molecule has 1 atom stereocenters. The fourth-order valence-corrected chi connectivity index (χ4v) is 2.11. The van der Waals surface area contributed by atoms with Gasteiger partial charge in [0.05, 0.1) is 18.7 Å². The first-order valence-electron chi connectivity index (χ1n) is 4.67. The third-order valence-corrected chi connectivity index (χ3v) is 2.72. The largest absolute Gasteiger partial charge is 0.495 e. The monoisotopic (exact) mass is 225 g/mol. The van der Waals surface area contributed by atoms with E-state index < -0.39 is 6.10 Å². The molecule has 3 nitrogen and oxygen atoms in total. The molecule has 0 aliphatic carbocycles. The van der Waals surface area contributed by atoms with E-state index in [1.54, 1.807) is 14.0 Å². The molecule has 1 heterocycles. The molecule has 15 heavy (non-hydrogen) atoms. The second kappa shape index (κ2) is 3.76. The molecule has 2 aromatic rings. The highest BCUT2D eigenvalue weighted by molar-refractivity contribution is 6.32. The van der Waals surface area contributed by atoms with Gasteiger partial charge in [0.1, 0.15) is 10.9 Å². The molecule has 0 saturated heterocycles. The van der Waals surface area contributed by atoms with Crippen LogP contribution in [0, 0.1) is 0 Å². The van der Waals surface area contributed by atoms with Gasteiger partial charge in [0, 0.05) is 10.9 Å². The van der Waals surface area contributed by atoms with Crippen molar-refractivity contribution in [1.82, 2.24) is 4.98 Å². The minimum atomic E-state index is -0.599. The standard InChI is InChI=1S/C11H12ClNO2/c1-6(14)9-7-4-3-5-8(15-2)10(7)13-11(9)12/h3-6,13-14H,1-2H3. The summed E-state index contributed by atoms with van der Waals surface area (Å²) in [5, 5.41) is 11.0. The van der Waals surface area contributed by atoms with Gasteiger partial charge in [-0.25, -0.2) is 0 Å². The Kier molecular flexibility index (Phi) is 2.59. The van der Waals surface area contributed by atoms with Crippen LogP contribution in [0.5, 0.6) is 5.75 Å². The summed E-state index contributed by atoms with van der Waals surface area (Å²) in [5.41, 5.74) is 1.53. The van der Waals surface area contributed by atoms with Gasteiger partial charge in [-0.05, 0) is 13.0 Å². The van der Waals surface area contributed by atoms with Crippen molar-refractivity contribution in [3.05, 3.63) is 28.9 Å². The number of hydrogen-bond acceptors (Lipinski definition) is 2. The van der Waals surface area contributed by atoms with Crippen molar-refractivity contribution in [2.45, 2.75) is 13.0 Å². The Morgan fingerprint density at radius 1 is 1.47 bits per heavy atom. The second-order valence-electron chi connectivity index (χ2n) is 3.41. The van der Waals surface area contributed by atoms with Gasteiger partial charge < -0.3 is 14.8 Å². The summed E-state index contributed by atoms with van der Waals surface area (Å²) in [6.07, 6.45) is -0.599. The number of fused-ring (bicyclic) bond motifs is 1. The molecule has 1 aromatic carbocycles. The third kappa shape index (κ3) is 1.58. The van der Waals surface area contributed by atoms with Crippen molar-refractivity contribution in [1.29, 1.82) is 0 Å². The smallest absolute Gasteiger partial charge is 0.142 e. The molecule has 80 valence electrons. The zero-order valence-electron chi connectivity index (χ0n) is 8.54. The first kappa shape index (κ1) is 10.3. The lowest BCUT2D eigenvalue weighted by Crippen LogP contribution is -1.89. The molecule has 0 fully saturated rings. The number of ether oxygens (including phenoxy) is 1. The van der Waals surface area contributed by atoms with E-state index in [9.17, 15) is 5.11 Å². The Bertz CT molecular complexity index is 491. The molecular formula is C11H12ClNO2. The molecule has 0 spiro atoms. The van der Waals surface area contributed by atoms with Gasteiger partial charge in [-0.15, -0.1) is 0 Å². The van der Waals surface area contributed by atoms with Crippen LogP contribution >= 0.6 is 11.6 Å². The van der Waals surface area contributed by atoms with Crippen molar-refractivity contribution in [3.8, 4) is 5.75 Å². The number of rotatable bonds is 2. The Labute approximate surface area is 92.6 Å². The molecule has 2 rings (SSSR count). The number of aliphatic hydroxyl groups is 1. The quantitative estimate of drug-likeness (QED) is 0.826. The van der Waals surface area contributed by atoms with Gasteiger partial charge in [-0.3, -0.25) is 0 Å². The highest BCUT2D eigenvalue weighted by Crippen LogP contribution is 2.35. The van der Waals surface area contributed by atoms with E-state index in [2.05, 4.69) is 4.98 Å². The SMILES string of the molecule is COc1cccc2c(C(C)O)c(Cl)[nH]c12. The number of halogens is 1. The van der Waals surface area contributed by atoms with E-state index in [1.165, 1.54) is 0 Å². The Morgan fingerprint density at radius 2 is 2.20 bits per heavy atom. The van der Waals surface area contributed by atoms with Crippen LogP contribution < -0.4 is 4.74 Å². The molecule has 0 aliphatic heterocycles. The fraction of sp³-hybridized carbons (Fsp3) is 0.273. The van der Waals surface area contributed by atoms with E-state index in [-0.39, 0.29) is 0 Å². The lowest BCUT2D eigenvalue weighted by molar-refractivity contribution is 0.201. The van der Waals surface area contributed by atoms with Crippen molar-refractivity contribution in [2.75, 3.05) is 7.11 Å². The third-order valence-electron chi connectivity index (χ3n) is 2.43. The number of benzene rings is 1. The van der Waals surface area contributed by atoms with E-state index in [4.69, 9.17) is 16.3 Å². The summed E-state index contributed by atoms with van der Waals surface area (Å²) < 4.78 is 5.20. The number of para-hydroxylation sites is 1. The van der Waals surface area contributed by atoms with Crippen molar-refractivity contribution >= 4 is 22.5 Å². The second-order valence-corrected chi connectivity index (χ2v) is 3.79. The average Bonchev–Trinajstić information content (AvgIpc) is 2.53. The first-order chi connectivity index (χ1) is 7.15. The van der Waals surface area contributed by atoms with Crippen LogP contribution in [0.4, 0.5) is 0 Å². The lowest BCUT2D eigenvalue weighted by Gasteiger charge is -2.04. The van der Waals surface area contributed by atoms with Crippen LogP contribution in [0.15, 0.2) is 18.2 Å². The van der Waals surface area contributed by atoms with E-state index in [0.29, 0.717) is 10.7 Å². The van der Waals surface area contributed by atoms with Crippen molar-refractivity contribution in [3.63, 3.8) is 0 Å². The molecule has 0 saturated carbocycles. The van der Waals surface area contributed by atoms with Gasteiger partial charge >= 0.3 is 0 Å². The average molecular weight is 226 g/mol. The molecule has 0 radical (unpaired) electrons. The zero-order chi connectivity index (χ0) is 11.0. The topological polar surface area (TPSA) is 45.2 Å². The molecule has 0 bridgehead atoms. The van der Waals surface area contributed by atoms with Crippen LogP contribution in [0.25, 0.3) is 10.9 Å². The van der Waals surface area contributed by atoms with Crippen LogP contribution in [-0.2, 0) is 0 Å². The van der Waals surface area contributed by atoms with Gasteiger partial charge in [0.25, 0.3) is 0 Å². The highest BCUT2D eigenvalue weighted by atomic mass is 35.5. The van der Waals surface area contributed by atoms with E-state index in [1.807, 2.05) is 18.2 Å². The first-order valence-corrected chi connectivity index (χ1v) is 5.05. The zero-order valence-corrected chi connectivity index (χ0v) is 9.30. The number of H-pyrrole nitrogens is 1. The number of aromatic amines is 1. The van der Waals surface area contributed by atoms with Crippen LogP contribution in [0.1, 0.15) is 18.6 Å². The molecule has 1 aromatic heterocycles. The predicted molar refractivity (Wildman–Crippen MR) is 60.5 cm³/mol. The fourth-order valence-electron chi connectivity index (χ4n) is 1.76. The van der Waals surface area contributed by atoms with Crippen LogP contribution in [0.2, 0.25) is 5.15 Å². The van der Waals surface area contributed by atoms with Gasteiger partial charge in [0.2, 0.25) is 0 Å². The van der Waals surface area contributed by atoms with Crippen LogP contribution in [-0.4, -0.2) is 17.2 Å². The Balaban J connectivity index is 2.78. The lowest BCUT2D eigenvalue weighted by atomic mass is 10.1. The number of nitrogens with one attached hydrogen (secondary N) is 1. The molecular weight excluding hydrogens is 214 g/mol. The minimum Gasteiger partial charge on any atom is -0.495 e. The highest BCUT2D eigenvalue weighted by Gasteiger charge is 2.16. The number of aromatic nitrogens is 1. The Hall–Kier alpha value is -1.19. The molecule has 1 unspecified atom stereocenters. The molecule has 2 N–H and O–H groups in total. The summed E-state index contributed by atoms with van der Waals surface area (Å²) in [6, 6.07) is 5.63. The summed E-state index contributed by atoms with van der Waals surface area (Å²) in [7, 11) is 1.60. The maximum Gasteiger partial charge on any atom is 0.142 e. The van der Waals surface area contributed by atoms with Crippen molar-refractivity contribution in [2.24, 2.45) is 0 Å². The summed E-state index contributed by atoms with van der Waals surface area (Å²) in [6.45, 7) is 1.69. The summed E-state index contributed by atoms with van der Waals surface area (Å²) in [5.74, 6) is 0.723. The maximum absolute atomic E-state index is 9.61. The summed E-state index contributed by atoms with van der Waals surface area (Å²) >= 11 is 6.02. The molecule has 0 amide bonds. The van der Waals surface area contributed by atoms with Gasteiger partial charge in [-0.2, -0.15) is 0 Å². The van der Waals surface area contributed by atoms with Crippen molar-refractivity contribution < 1.29 is 9.84 Å².